The highest BCUT2D eigenvalue weighted by molar-refractivity contribution is 6.03. The molecule has 2 aromatic heterocycles. The molecule has 0 aliphatic rings. The maximum absolute atomic E-state index is 12.3. The average Bonchev–Trinajstić information content (AvgIpc) is 2.92. The summed E-state index contributed by atoms with van der Waals surface area (Å²) in [6, 6.07) is -0.289. The molecule has 1 atom stereocenters. The topological polar surface area (TPSA) is 102 Å². The van der Waals surface area contributed by atoms with Gasteiger partial charge in [-0.3, -0.25) is 14.2 Å². The Morgan fingerprint density at radius 2 is 2.05 bits per heavy atom. The van der Waals surface area contributed by atoms with E-state index in [1.54, 1.807) is 11.7 Å². The fourth-order valence-electron chi connectivity index (χ4n) is 2.25. The van der Waals surface area contributed by atoms with Crippen LogP contribution in [0.25, 0.3) is 0 Å². The van der Waals surface area contributed by atoms with Crippen LogP contribution in [-0.2, 0) is 14.1 Å². The molecule has 0 radical (unpaired) electrons. The zero-order valence-electron chi connectivity index (χ0n) is 12.3. The first-order valence-electron chi connectivity index (χ1n) is 6.37. The lowest BCUT2D eigenvalue weighted by molar-refractivity contribution is 0.0690. The number of aromatic nitrogens is 4. The van der Waals surface area contributed by atoms with E-state index in [1.165, 1.54) is 11.7 Å². The van der Waals surface area contributed by atoms with Crippen LogP contribution in [0.3, 0.4) is 0 Å². The van der Waals surface area contributed by atoms with Crippen LogP contribution in [-0.4, -0.2) is 36.5 Å². The highest BCUT2D eigenvalue weighted by Crippen LogP contribution is 2.17. The van der Waals surface area contributed by atoms with Crippen molar-refractivity contribution < 1.29 is 14.7 Å². The highest BCUT2D eigenvalue weighted by Gasteiger charge is 2.23. The Kier molecular flexibility index (Phi) is 3.79. The molecule has 2 rings (SSSR count). The smallest absolute Gasteiger partial charge is 0.339 e. The van der Waals surface area contributed by atoms with Crippen LogP contribution in [0.15, 0.2) is 12.4 Å². The third-order valence-electron chi connectivity index (χ3n) is 3.25. The molecule has 0 spiro atoms. The summed E-state index contributed by atoms with van der Waals surface area (Å²) in [5, 5.41) is 19.9. The van der Waals surface area contributed by atoms with Gasteiger partial charge < -0.3 is 10.4 Å². The Bertz CT molecular complexity index is 701. The zero-order chi connectivity index (χ0) is 15.7. The Balaban J connectivity index is 2.24. The Hall–Kier alpha value is -2.64. The molecular weight excluding hydrogens is 274 g/mol. The predicted molar refractivity (Wildman–Crippen MR) is 74.0 cm³/mol. The van der Waals surface area contributed by atoms with Gasteiger partial charge in [-0.25, -0.2) is 4.79 Å². The number of nitrogens with one attached hydrogen (secondary N) is 1. The van der Waals surface area contributed by atoms with E-state index in [-0.39, 0.29) is 17.3 Å². The van der Waals surface area contributed by atoms with Gasteiger partial charge in [-0.05, 0) is 13.8 Å². The molecule has 21 heavy (non-hydrogen) atoms. The first kappa shape index (κ1) is 14.8. The molecule has 0 aliphatic heterocycles. The molecule has 0 aliphatic carbocycles. The van der Waals surface area contributed by atoms with Crippen LogP contribution in [0.5, 0.6) is 0 Å². The van der Waals surface area contributed by atoms with Crippen LogP contribution in [0.4, 0.5) is 0 Å². The number of amides is 1. The van der Waals surface area contributed by atoms with Gasteiger partial charge in [0.25, 0.3) is 5.91 Å². The van der Waals surface area contributed by atoms with Gasteiger partial charge in [-0.15, -0.1) is 0 Å². The summed E-state index contributed by atoms with van der Waals surface area (Å²) < 4.78 is 2.92. The zero-order valence-corrected chi connectivity index (χ0v) is 12.3. The molecule has 112 valence electrons. The standard InChI is InChI=1S/C13H17N5O3/c1-7(10-6-17(3)16-8(10)2)15-12(19)11-9(13(20)21)5-14-18(11)4/h5-7H,1-4H3,(H,15,19)(H,20,21)/t7-/m0/s1. The molecule has 0 saturated carbocycles. The predicted octanol–water partition coefficient (Wildman–Crippen LogP) is 0.651. The quantitative estimate of drug-likeness (QED) is 0.861. The Labute approximate surface area is 121 Å². The van der Waals surface area contributed by atoms with Crippen LogP contribution in [0.1, 0.15) is 45.1 Å². The number of nitrogens with zero attached hydrogens (tertiary/aromatic N) is 4. The van der Waals surface area contributed by atoms with Gasteiger partial charge in [0, 0.05) is 25.9 Å². The number of hydrogen-bond donors (Lipinski definition) is 2. The summed E-state index contributed by atoms with van der Waals surface area (Å²) in [6.07, 6.45) is 2.98. The molecule has 2 aromatic rings. The minimum Gasteiger partial charge on any atom is -0.478 e. The maximum atomic E-state index is 12.3. The number of rotatable bonds is 4. The molecule has 2 N–H and O–H groups in total. The van der Waals surface area contributed by atoms with Crippen molar-refractivity contribution in [3.05, 3.63) is 34.9 Å². The Morgan fingerprint density at radius 3 is 2.57 bits per heavy atom. The summed E-state index contributed by atoms with van der Waals surface area (Å²) in [5.41, 5.74) is 1.60. The van der Waals surface area contributed by atoms with Crippen LogP contribution in [0.2, 0.25) is 0 Å². The number of hydrogen-bond acceptors (Lipinski definition) is 4. The fraction of sp³-hybridized carbons (Fsp3) is 0.385. The van der Waals surface area contributed by atoms with Gasteiger partial charge in [-0.2, -0.15) is 10.2 Å². The minimum absolute atomic E-state index is 0.0240. The van der Waals surface area contributed by atoms with Crippen molar-refractivity contribution in [1.29, 1.82) is 0 Å². The van der Waals surface area contributed by atoms with Crippen LogP contribution >= 0.6 is 0 Å². The van der Waals surface area contributed by atoms with E-state index in [0.29, 0.717) is 0 Å². The van der Waals surface area contributed by atoms with E-state index in [1.807, 2.05) is 20.0 Å². The van der Waals surface area contributed by atoms with Gasteiger partial charge in [0.2, 0.25) is 0 Å². The number of carboxylic acid groups (broad SMARTS) is 1. The van der Waals surface area contributed by atoms with Gasteiger partial charge in [0.15, 0.2) is 0 Å². The van der Waals surface area contributed by atoms with E-state index in [4.69, 9.17) is 5.11 Å². The van der Waals surface area contributed by atoms with Crippen molar-refractivity contribution in [2.75, 3.05) is 0 Å². The summed E-state index contributed by atoms with van der Waals surface area (Å²) in [7, 11) is 3.33. The van der Waals surface area contributed by atoms with Gasteiger partial charge in [0.1, 0.15) is 11.3 Å². The maximum Gasteiger partial charge on any atom is 0.339 e. The first-order valence-corrected chi connectivity index (χ1v) is 6.37. The third kappa shape index (κ3) is 2.78. The molecular formula is C13H17N5O3. The molecule has 8 nitrogen and oxygen atoms in total. The van der Waals surface area contributed by atoms with Crippen LogP contribution < -0.4 is 5.32 Å². The molecule has 0 aromatic carbocycles. The number of carbonyl (C=O) groups excluding carboxylic acids is 1. The number of carbonyl (C=O) groups is 2. The number of carboxylic acids is 1. The summed E-state index contributed by atoms with van der Waals surface area (Å²) in [4.78, 5) is 23.4. The minimum atomic E-state index is -1.18. The Morgan fingerprint density at radius 1 is 1.38 bits per heavy atom. The lowest BCUT2D eigenvalue weighted by Crippen LogP contribution is -2.30. The average molecular weight is 291 g/mol. The summed E-state index contributed by atoms with van der Waals surface area (Å²) in [5.74, 6) is -1.67. The normalized spacial score (nSPS) is 12.2. The molecule has 0 fully saturated rings. The highest BCUT2D eigenvalue weighted by atomic mass is 16.4. The molecule has 8 heteroatoms. The van der Waals surface area contributed by atoms with Crippen molar-refractivity contribution in [2.24, 2.45) is 14.1 Å². The molecule has 0 unspecified atom stereocenters. The van der Waals surface area contributed by atoms with Gasteiger partial charge in [0.05, 0.1) is 17.9 Å². The second kappa shape index (κ2) is 5.39. The van der Waals surface area contributed by atoms with Crippen molar-refractivity contribution in [1.82, 2.24) is 24.9 Å². The number of aryl methyl sites for hydroxylation is 3. The van der Waals surface area contributed by atoms with E-state index in [0.717, 1.165) is 17.5 Å². The van der Waals surface area contributed by atoms with Crippen LogP contribution in [0, 0.1) is 6.92 Å². The van der Waals surface area contributed by atoms with E-state index >= 15 is 0 Å². The van der Waals surface area contributed by atoms with Crippen molar-refractivity contribution in [3.8, 4) is 0 Å². The summed E-state index contributed by atoms with van der Waals surface area (Å²) >= 11 is 0. The lowest BCUT2D eigenvalue weighted by atomic mass is 10.1. The van der Waals surface area contributed by atoms with E-state index < -0.39 is 11.9 Å². The summed E-state index contributed by atoms with van der Waals surface area (Å²) in [6.45, 7) is 3.67. The molecule has 0 saturated heterocycles. The second-order valence-corrected chi connectivity index (χ2v) is 4.87. The van der Waals surface area contributed by atoms with Gasteiger partial charge >= 0.3 is 5.97 Å². The fourth-order valence-corrected chi connectivity index (χ4v) is 2.25. The van der Waals surface area contributed by atoms with Gasteiger partial charge in [-0.1, -0.05) is 0 Å². The largest absolute Gasteiger partial charge is 0.478 e. The third-order valence-corrected chi connectivity index (χ3v) is 3.25. The van der Waals surface area contributed by atoms with E-state index in [9.17, 15) is 9.59 Å². The number of aromatic carboxylic acids is 1. The van der Waals surface area contributed by atoms with Crippen molar-refractivity contribution >= 4 is 11.9 Å². The molecule has 1 amide bonds. The van der Waals surface area contributed by atoms with Crippen molar-refractivity contribution in [2.45, 2.75) is 19.9 Å². The van der Waals surface area contributed by atoms with Crippen molar-refractivity contribution in [3.63, 3.8) is 0 Å². The molecule has 0 bridgehead atoms. The monoisotopic (exact) mass is 291 g/mol. The second-order valence-electron chi connectivity index (χ2n) is 4.87. The SMILES string of the molecule is Cc1nn(C)cc1[C@H](C)NC(=O)c1c(C(=O)O)cnn1C. The van der Waals surface area contributed by atoms with E-state index in [2.05, 4.69) is 15.5 Å². The lowest BCUT2D eigenvalue weighted by Gasteiger charge is -2.13. The first-order chi connectivity index (χ1) is 9.81. The molecule has 2 heterocycles.